The number of carbonyl (C=O) groups excluding carboxylic acids is 2. The molecule has 1 N–H and O–H groups in total. The monoisotopic (exact) mass is 317 g/mol. The fraction of sp³-hybridized carbons (Fsp3) is 0.556. The molecule has 0 bridgehead atoms. The van der Waals surface area contributed by atoms with Crippen LogP contribution >= 0.6 is 0 Å². The van der Waals surface area contributed by atoms with Crippen LogP contribution in [0.15, 0.2) is 18.2 Å². The van der Waals surface area contributed by atoms with Crippen molar-refractivity contribution in [2.45, 2.75) is 26.7 Å². The van der Waals surface area contributed by atoms with Crippen molar-refractivity contribution >= 4 is 17.5 Å². The molecular weight excluding hydrogens is 290 g/mol. The Labute approximate surface area is 138 Å². The maximum absolute atomic E-state index is 12.2. The number of benzene rings is 1. The van der Waals surface area contributed by atoms with E-state index in [1.807, 2.05) is 30.0 Å². The van der Waals surface area contributed by atoms with E-state index in [1.165, 1.54) is 0 Å². The van der Waals surface area contributed by atoms with E-state index >= 15 is 0 Å². The zero-order valence-electron chi connectivity index (χ0n) is 14.6. The molecule has 2 rings (SSSR count). The predicted molar refractivity (Wildman–Crippen MR) is 92.7 cm³/mol. The lowest BCUT2D eigenvalue weighted by atomic mass is 9.99. The van der Waals surface area contributed by atoms with Gasteiger partial charge in [-0.25, -0.2) is 0 Å². The summed E-state index contributed by atoms with van der Waals surface area (Å²) in [5.74, 6) is 0.854. The lowest BCUT2D eigenvalue weighted by molar-refractivity contribution is -0.130. The van der Waals surface area contributed by atoms with Gasteiger partial charge in [0.05, 0.1) is 6.54 Å². The fourth-order valence-corrected chi connectivity index (χ4v) is 2.80. The van der Waals surface area contributed by atoms with Crippen LogP contribution < -0.4 is 5.32 Å². The fourth-order valence-electron chi connectivity index (χ4n) is 2.80. The highest BCUT2D eigenvalue weighted by atomic mass is 16.2. The standard InChI is InChI=1S/C18H27N3O2/c1-13-7-9-21(10-8-13)17(22)12-19-15-5-6-16(14(2)11-15)18(23)20(3)4/h5-6,11,13,19H,7-10,12H2,1-4H3. The van der Waals surface area contributed by atoms with Crippen LogP contribution in [-0.4, -0.2) is 55.3 Å². The summed E-state index contributed by atoms with van der Waals surface area (Å²) in [7, 11) is 3.48. The van der Waals surface area contributed by atoms with E-state index in [0.29, 0.717) is 12.1 Å². The Morgan fingerprint density at radius 1 is 1.26 bits per heavy atom. The maximum Gasteiger partial charge on any atom is 0.253 e. The molecule has 126 valence electrons. The smallest absolute Gasteiger partial charge is 0.253 e. The number of hydrogen-bond acceptors (Lipinski definition) is 3. The number of aryl methyl sites for hydroxylation is 1. The second-order valence-corrected chi connectivity index (χ2v) is 6.65. The quantitative estimate of drug-likeness (QED) is 0.927. The number of piperidine rings is 1. The van der Waals surface area contributed by atoms with Crippen molar-refractivity contribution in [2.75, 3.05) is 39.0 Å². The summed E-state index contributed by atoms with van der Waals surface area (Å²) in [6, 6.07) is 5.59. The van der Waals surface area contributed by atoms with Gasteiger partial charge in [-0.15, -0.1) is 0 Å². The number of amides is 2. The molecule has 0 atom stereocenters. The number of hydrogen-bond donors (Lipinski definition) is 1. The second kappa shape index (κ2) is 7.49. The summed E-state index contributed by atoms with van der Waals surface area (Å²) in [6.45, 7) is 6.16. The molecule has 1 fully saturated rings. The Balaban J connectivity index is 1.92. The van der Waals surface area contributed by atoms with Crippen LogP contribution in [-0.2, 0) is 4.79 Å². The molecule has 5 heteroatoms. The van der Waals surface area contributed by atoms with E-state index in [1.54, 1.807) is 19.0 Å². The summed E-state index contributed by atoms with van der Waals surface area (Å²) in [5.41, 5.74) is 2.47. The molecule has 0 spiro atoms. The Hall–Kier alpha value is -2.04. The van der Waals surface area contributed by atoms with Crippen molar-refractivity contribution in [3.63, 3.8) is 0 Å². The molecule has 1 heterocycles. The molecule has 1 saturated heterocycles. The van der Waals surface area contributed by atoms with Gasteiger partial charge in [-0.05, 0) is 49.4 Å². The molecule has 1 aromatic carbocycles. The van der Waals surface area contributed by atoms with Crippen molar-refractivity contribution in [2.24, 2.45) is 5.92 Å². The number of anilines is 1. The van der Waals surface area contributed by atoms with E-state index in [2.05, 4.69) is 12.2 Å². The number of nitrogens with one attached hydrogen (secondary N) is 1. The first-order chi connectivity index (χ1) is 10.9. The van der Waals surface area contributed by atoms with Gasteiger partial charge in [-0.1, -0.05) is 6.92 Å². The predicted octanol–water partition coefficient (Wildman–Crippen LogP) is 2.37. The summed E-state index contributed by atoms with van der Waals surface area (Å²) in [6.07, 6.45) is 2.18. The molecule has 0 aromatic heterocycles. The number of nitrogens with zero attached hydrogens (tertiary/aromatic N) is 2. The Morgan fingerprint density at radius 2 is 1.91 bits per heavy atom. The van der Waals surface area contributed by atoms with Crippen molar-refractivity contribution in [3.05, 3.63) is 29.3 Å². The zero-order valence-corrected chi connectivity index (χ0v) is 14.6. The number of carbonyl (C=O) groups is 2. The molecule has 0 radical (unpaired) electrons. The third-order valence-electron chi connectivity index (χ3n) is 4.44. The normalized spacial score (nSPS) is 15.4. The highest BCUT2D eigenvalue weighted by Crippen LogP contribution is 2.18. The van der Waals surface area contributed by atoms with E-state index in [9.17, 15) is 9.59 Å². The van der Waals surface area contributed by atoms with Crippen molar-refractivity contribution in [1.29, 1.82) is 0 Å². The van der Waals surface area contributed by atoms with Gasteiger partial charge in [0.1, 0.15) is 0 Å². The van der Waals surface area contributed by atoms with Crippen LogP contribution in [0, 0.1) is 12.8 Å². The lowest BCUT2D eigenvalue weighted by Crippen LogP contribution is -2.40. The first-order valence-corrected chi connectivity index (χ1v) is 8.22. The van der Waals surface area contributed by atoms with E-state index in [4.69, 9.17) is 0 Å². The molecule has 23 heavy (non-hydrogen) atoms. The minimum Gasteiger partial charge on any atom is -0.376 e. The molecular formula is C18H27N3O2. The summed E-state index contributed by atoms with van der Waals surface area (Å²) in [4.78, 5) is 27.8. The zero-order chi connectivity index (χ0) is 17.0. The van der Waals surface area contributed by atoms with Crippen molar-refractivity contribution < 1.29 is 9.59 Å². The topological polar surface area (TPSA) is 52.7 Å². The van der Waals surface area contributed by atoms with Gasteiger partial charge in [0.15, 0.2) is 0 Å². The first kappa shape index (κ1) is 17.3. The highest BCUT2D eigenvalue weighted by molar-refractivity contribution is 5.95. The van der Waals surface area contributed by atoms with Gasteiger partial charge >= 0.3 is 0 Å². The van der Waals surface area contributed by atoms with Crippen LogP contribution in [0.4, 0.5) is 5.69 Å². The Bertz CT molecular complexity index is 576. The van der Waals surface area contributed by atoms with Crippen LogP contribution in [0.25, 0.3) is 0 Å². The van der Waals surface area contributed by atoms with Gasteiger partial charge in [0.25, 0.3) is 5.91 Å². The molecule has 1 aliphatic heterocycles. The van der Waals surface area contributed by atoms with Crippen molar-refractivity contribution in [1.82, 2.24) is 9.80 Å². The molecule has 1 aliphatic rings. The molecule has 0 saturated carbocycles. The van der Waals surface area contributed by atoms with Gasteiger partial charge in [0, 0.05) is 38.4 Å². The molecule has 2 amide bonds. The van der Waals surface area contributed by atoms with Gasteiger partial charge in [0.2, 0.25) is 5.91 Å². The summed E-state index contributed by atoms with van der Waals surface area (Å²) in [5, 5.41) is 3.17. The van der Waals surface area contributed by atoms with Gasteiger partial charge < -0.3 is 15.1 Å². The molecule has 0 aliphatic carbocycles. The van der Waals surface area contributed by atoms with Crippen LogP contribution in [0.3, 0.4) is 0 Å². The molecule has 1 aromatic rings. The third-order valence-corrected chi connectivity index (χ3v) is 4.44. The minimum atomic E-state index is -0.00689. The minimum absolute atomic E-state index is 0.00689. The van der Waals surface area contributed by atoms with Crippen LogP contribution in [0.1, 0.15) is 35.7 Å². The number of rotatable bonds is 4. The Kier molecular flexibility index (Phi) is 5.64. The number of likely N-dealkylation sites (tertiary alicyclic amines) is 1. The lowest BCUT2D eigenvalue weighted by Gasteiger charge is -2.30. The van der Waals surface area contributed by atoms with Gasteiger partial charge in [-0.3, -0.25) is 9.59 Å². The van der Waals surface area contributed by atoms with E-state index in [0.717, 1.165) is 43.1 Å². The van der Waals surface area contributed by atoms with Crippen molar-refractivity contribution in [3.8, 4) is 0 Å². The summed E-state index contributed by atoms with van der Waals surface area (Å²) < 4.78 is 0. The SMILES string of the molecule is Cc1cc(NCC(=O)N2CCC(C)CC2)ccc1C(=O)N(C)C. The van der Waals surface area contributed by atoms with Gasteiger partial charge in [-0.2, -0.15) is 0 Å². The maximum atomic E-state index is 12.2. The second-order valence-electron chi connectivity index (χ2n) is 6.65. The first-order valence-electron chi connectivity index (χ1n) is 8.22. The summed E-state index contributed by atoms with van der Waals surface area (Å²) >= 11 is 0. The largest absolute Gasteiger partial charge is 0.376 e. The van der Waals surface area contributed by atoms with Crippen LogP contribution in [0.5, 0.6) is 0 Å². The highest BCUT2D eigenvalue weighted by Gasteiger charge is 2.20. The molecule has 5 nitrogen and oxygen atoms in total. The average molecular weight is 317 g/mol. The van der Waals surface area contributed by atoms with E-state index < -0.39 is 0 Å². The Morgan fingerprint density at radius 3 is 2.48 bits per heavy atom. The third kappa shape index (κ3) is 4.47. The van der Waals surface area contributed by atoms with E-state index in [-0.39, 0.29) is 11.8 Å². The van der Waals surface area contributed by atoms with Crippen LogP contribution in [0.2, 0.25) is 0 Å². The average Bonchev–Trinajstić information content (AvgIpc) is 2.52. The molecule has 0 unspecified atom stereocenters.